The van der Waals surface area contributed by atoms with Crippen LogP contribution in [-0.4, -0.2) is 14.7 Å². The van der Waals surface area contributed by atoms with Crippen LogP contribution < -0.4 is 5.73 Å². The van der Waals surface area contributed by atoms with E-state index >= 15 is 0 Å². The van der Waals surface area contributed by atoms with Crippen LogP contribution in [0.15, 0.2) is 23.0 Å². The molecule has 0 aliphatic heterocycles. The molecule has 0 saturated heterocycles. The highest BCUT2D eigenvalue weighted by Crippen LogP contribution is 2.39. The maximum Gasteiger partial charge on any atom is 0.223 e. The number of aromatic nitrogens is 3. The third kappa shape index (κ3) is 2.24. The average Bonchev–Trinajstić information content (AvgIpc) is 2.93. The molecule has 1 aliphatic rings. The smallest absolute Gasteiger partial charge is 0.223 e. The fraction of sp³-hybridized carbons (Fsp3) is 0.500. The second kappa shape index (κ2) is 4.00. The molecule has 1 fully saturated rings. The van der Waals surface area contributed by atoms with Crippen molar-refractivity contribution in [3.05, 3.63) is 35.7 Å². The van der Waals surface area contributed by atoms with Crippen LogP contribution >= 0.6 is 0 Å². The zero-order chi connectivity index (χ0) is 11.8. The van der Waals surface area contributed by atoms with Crippen molar-refractivity contribution in [3.8, 4) is 0 Å². The molecule has 0 aromatic carbocycles. The summed E-state index contributed by atoms with van der Waals surface area (Å²) in [6, 6.07) is 2.26. The Morgan fingerprint density at radius 1 is 1.59 bits per heavy atom. The van der Waals surface area contributed by atoms with Gasteiger partial charge in [0.25, 0.3) is 0 Å². The maximum absolute atomic E-state index is 6.15. The van der Waals surface area contributed by atoms with Crippen LogP contribution in [0, 0.1) is 12.8 Å². The standard InChI is InChI=1S/C12H16N4O/c1-8-14-11(15-17-8)7-16-5-4-10(6-16)12(13)9-2-3-9/h4-6,9,12H,2-3,7,13H2,1H3. The van der Waals surface area contributed by atoms with Gasteiger partial charge >= 0.3 is 0 Å². The minimum Gasteiger partial charge on any atom is -0.346 e. The summed E-state index contributed by atoms with van der Waals surface area (Å²) >= 11 is 0. The summed E-state index contributed by atoms with van der Waals surface area (Å²) in [5, 5.41) is 3.87. The summed E-state index contributed by atoms with van der Waals surface area (Å²) in [7, 11) is 0. The van der Waals surface area contributed by atoms with Crippen molar-refractivity contribution < 1.29 is 4.52 Å². The van der Waals surface area contributed by atoms with Crippen molar-refractivity contribution in [3.63, 3.8) is 0 Å². The predicted molar refractivity (Wildman–Crippen MR) is 62.2 cm³/mol. The Bertz CT molecular complexity index is 512. The summed E-state index contributed by atoms with van der Waals surface area (Å²) < 4.78 is 6.98. The van der Waals surface area contributed by atoms with E-state index in [9.17, 15) is 0 Å². The Morgan fingerprint density at radius 3 is 3.06 bits per heavy atom. The first-order valence-electron chi connectivity index (χ1n) is 5.93. The van der Waals surface area contributed by atoms with Crippen molar-refractivity contribution in [2.75, 3.05) is 0 Å². The van der Waals surface area contributed by atoms with Crippen molar-refractivity contribution in [1.29, 1.82) is 0 Å². The lowest BCUT2D eigenvalue weighted by atomic mass is 10.1. The zero-order valence-corrected chi connectivity index (χ0v) is 9.84. The summed E-state index contributed by atoms with van der Waals surface area (Å²) in [6.07, 6.45) is 6.62. The van der Waals surface area contributed by atoms with Crippen molar-refractivity contribution in [1.82, 2.24) is 14.7 Å². The first-order valence-corrected chi connectivity index (χ1v) is 5.93. The second-order valence-electron chi connectivity index (χ2n) is 4.71. The molecule has 90 valence electrons. The van der Waals surface area contributed by atoms with Crippen LogP contribution in [0.1, 0.15) is 36.2 Å². The van der Waals surface area contributed by atoms with E-state index in [-0.39, 0.29) is 6.04 Å². The van der Waals surface area contributed by atoms with Gasteiger partial charge in [-0.25, -0.2) is 0 Å². The molecule has 2 heterocycles. The van der Waals surface area contributed by atoms with E-state index in [1.165, 1.54) is 18.4 Å². The van der Waals surface area contributed by atoms with Crippen LogP contribution in [-0.2, 0) is 6.54 Å². The van der Waals surface area contributed by atoms with Gasteiger partial charge in [0.15, 0.2) is 5.82 Å². The third-order valence-corrected chi connectivity index (χ3v) is 3.18. The number of nitrogens with two attached hydrogens (primary N) is 1. The fourth-order valence-electron chi connectivity index (χ4n) is 2.05. The van der Waals surface area contributed by atoms with Gasteiger partial charge in [0.1, 0.15) is 0 Å². The number of hydrogen-bond acceptors (Lipinski definition) is 4. The van der Waals surface area contributed by atoms with E-state index in [2.05, 4.69) is 22.4 Å². The Morgan fingerprint density at radius 2 is 2.41 bits per heavy atom. The molecule has 2 aromatic rings. The highest BCUT2D eigenvalue weighted by Gasteiger charge is 2.29. The Hall–Kier alpha value is -1.62. The molecule has 2 aromatic heterocycles. The van der Waals surface area contributed by atoms with Gasteiger partial charge in [-0.1, -0.05) is 5.16 Å². The quantitative estimate of drug-likeness (QED) is 0.870. The Labute approximate surface area is 99.6 Å². The summed E-state index contributed by atoms with van der Waals surface area (Å²) in [5.41, 5.74) is 7.35. The molecule has 5 heteroatoms. The van der Waals surface area contributed by atoms with Crippen LogP contribution in [0.5, 0.6) is 0 Å². The van der Waals surface area contributed by atoms with Crippen molar-refractivity contribution in [2.24, 2.45) is 11.7 Å². The van der Waals surface area contributed by atoms with Crippen molar-refractivity contribution >= 4 is 0 Å². The van der Waals surface area contributed by atoms with Crippen LogP contribution in [0.4, 0.5) is 0 Å². The van der Waals surface area contributed by atoms with E-state index in [1.54, 1.807) is 6.92 Å². The second-order valence-corrected chi connectivity index (χ2v) is 4.71. The minimum atomic E-state index is 0.184. The lowest BCUT2D eigenvalue weighted by Crippen LogP contribution is -2.11. The topological polar surface area (TPSA) is 69.9 Å². The Balaban J connectivity index is 1.71. The van der Waals surface area contributed by atoms with E-state index in [1.807, 2.05) is 10.8 Å². The summed E-state index contributed by atoms with van der Waals surface area (Å²) in [4.78, 5) is 4.18. The lowest BCUT2D eigenvalue weighted by Gasteiger charge is -2.06. The molecular weight excluding hydrogens is 216 g/mol. The molecule has 1 unspecified atom stereocenters. The van der Waals surface area contributed by atoms with E-state index < -0.39 is 0 Å². The molecule has 1 saturated carbocycles. The van der Waals surface area contributed by atoms with Gasteiger partial charge in [-0.15, -0.1) is 0 Å². The summed E-state index contributed by atoms with van der Waals surface area (Å²) in [5.74, 6) is 1.98. The highest BCUT2D eigenvalue weighted by molar-refractivity contribution is 5.18. The molecule has 1 aliphatic carbocycles. The zero-order valence-electron chi connectivity index (χ0n) is 9.84. The van der Waals surface area contributed by atoms with Gasteiger partial charge in [0, 0.05) is 25.4 Å². The number of aryl methyl sites for hydroxylation is 1. The lowest BCUT2D eigenvalue weighted by molar-refractivity contribution is 0.386. The summed E-state index contributed by atoms with van der Waals surface area (Å²) in [6.45, 7) is 2.43. The van der Waals surface area contributed by atoms with Gasteiger partial charge in [-0.05, 0) is 30.4 Å². The van der Waals surface area contributed by atoms with Crippen molar-refractivity contribution in [2.45, 2.75) is 32.4 Å². The third-order valence-electron chi connectivity index (χ3n) is 3.18. The molecule has 0 bridgehead atoms. The first-order chi connectivity index (χ1) is 8.22. The monoisotopic (exact) mass is 232 g/mol. The largest absolute Gasteiger partial charge is 0.346 e. The molecular formula is C12H16N4O. The SMILES string of the molecule is Cc1nc(Cn2ccc(C(N)C3CC3)c2)no1. The number of nitrogens with zero attached hydrogens (tertiary/aromatic N) is 3. The molecule has 3 rings (SSSR count). The van der Waals surface area contributed by atoms with Gasteiger partial charge in [-0.3, -0.25) is 0 Å². The molecule has 0 amide bonds. The van der Waals surface area contributed by atoms with E-state index in [4.69, 9.17) is 10.3 Å². The molecule has 0 radical (unpaired) electrons. The highest BCUT2D eigenvalue weighted by atomic mass is 16.5. The van der Waals surface area contributed by atoms with Gasteiger partial charge in [0.05, 0.1) is 6.54 Å². The molecule has 1 atom stereocenters. The fourth-order valence-corrected chi connectivity index (χ4v) is 2.05. The molecule has 2 N–H and O–H groups in total. The minimum absolute atomic E-state index is 0.184. The molecule has 17 heavy (non-hydrogen) atoms. The number of rotatable bonds is 4. The number of hydrogen-bond donors (Lipinski definition) is 1. The van der Waals surface area contributed by atoms with E-state index in [0.29, 0.717) is 24.2 Å². The molecule has 5 nitrogen and oxygen atoms in total. The molecule has 0 spiro atoms. The van der Waals surface area contributed by atoms with Gasteiger partial charge in [0.2, 0.25) is 5.89 Å². The van der Waals surface area contributed by atoms with Crippen LogP contribution in [0.3, 0.4) is 0 Å². The average molecular weight is 232 g/mol. The Kier molecular flexibility index (Phi) is 2.48. The van der Waals surface area contributed by atoms with Gasteiger partial charge < -0.3 is 14.8 Å². The maximum atomic E-state index is 6.15. The first kappa shape index (κ1) is 10.5. The van der Waals surface area contributed by atoms with Crippen LogP contribution in [0.2, 0.25) is 0 Å². The van der Waals surface area contributed by atoms with Crippen LogP contribution in [0.25, 0.3) is 0 Å². The normalized spacial score (nSPS) is 17.3. The predicted octanol–water partition coefficient (Wildman–Crippen LogP) is 1.64. The van der Waals surface area contributed by atoms with Gasteiger partial charge in [-0.2, -0.15) is 4.98 Å². The van der Waals surface area contributed by atoms with E-state index in [0.717, 1.165) is 0 Å².